The monoisotopic (exact) mass is 200 g/mol. The molecule has 0 unspecified atom stereocenters. The van der Waals surface area contributed by atoms with Crippen LogP contribution in [-0.4, -0.2) is 12.2 Å². The summed E-state index contributed by atoms with van der Waals surface area (Å²) in [6.07, 6.45) is 0. The predicted octanol–water partition coefficient (Wildman–Crippen LogP) is 4.12. The summed E-state index contributed by atoms with van der Waals surface area (Å²) >= 11 is 0. The summed E-state index contributed by atoms with van der Waals surface area (Å²) in [5, 5.41) is 0. The van der Waals surface area contributed by atoms with Crippen LogP contribution in [0.2, 0.25) is 0 Å². The van der Waals surface area contributed by atoms with Crippen LogP contribution in [0.5, 0.6) is 0 Å². The summed E-state index contributed by atoms with van der Waals surface area (Å²) in [7, 11) is 0. The number of hydrogen-bond donors (Lipinski definition) is 0. The lowest BCUT2D eigenvalue weighted by Gasteiger charge is -2.32. The lowest BCUT2D eigenvalue weighted by molar-refractivity contribution is 0.0152. The minimum atomic E-state index is 0.0813. The van der Waals surface area contributed by atoms with Gasteiger partial charge in [-0.2, -0.15) is 0 Å². The fraction of sp³-hybridized carbons (Fsp3) is 1.00. The lowest BCUT2D eigenvalue weighted by atomic mass is 9.71. The van der Waals surface area contributed by atoms with Gasteiger partial charge in [-0.25, -0.2) is 0 Å². The van der Waals surface area contributed by atoms with E-state index in [-0.39, 0.29) is 5.60 Å². The first-order valence-corrected chi connectivity index (χ1v) is 5.89. The van der Waals surface area contributed by atoms with Gasteiger partial charge in [0.05, 0.1) is 12.2 Å². The van der Waals surface area contributed by atoms with Gasteiger partial charge in [0.1, 0.15) is 0 Å². The van der Waals surface area contributed by atoms with E-state index in [0.717, 1.165) is 6.61 Å². The van der Waals surface area contributed by atoms with E-state index in [0.29, 0.717) is 17.3 Å². The van der Waals surface area contributed by atoms with Crippen molar-refractivity contribution in [1.82, 2.24) is 0 Å². The molecule has 2 atom stereocenters. The van der Waals surface area contributed by atoms with Crippen molar-refractivity contribution in [3.8, 4) is 0 Å². The van der Waals surface area contributed by atoms with Crippen LogP contribution in [0.15, 0.2) is 0 Å². The molecule has 0 N–H and O–H groups in total. The molecule has 1 saturated heterocycles. The molecule has 86 valence electrons. The SMILES string of the molecule is CC.C[C@H]1[C@@H](C(C)(C)C)COC1(C)C. The van der Waals surface area contributed by atoms with Gasteiger partial charge in [-0.05, 0) is 31.1 Å². The fourth-order valence-corrected chi connectivity index (χ4v) is 2.06. The van der Waals surface area contributed by atoms with Crippen molar-refractivity contribution in [2.24, 2.45) is 17.3 Å². The first-order valence-electron chi connectivity index (χ1n) is 5.89. The van der Waals surface area contributed by atoms with E-state index in [1.165, 1.54) is 0 Å². The molecular formula is C13H28O. The number of ether oxygens (including phenoxy) is 1. The summed E-state index contributed by atoms with van der Waals surface area (Å²) in [6.45, 7) is 18.5. The molecule has 1 rings (SSSR count). The van der Waals surface area contributed by atoms with E-state index in [1.807, 2.05) is 13.8 Å². The van der Waals surface area contributed by atoms with Crippen LogP contribution in [0.4, 0.5) is 0 Å². The highest BCUT2D eigenvalue weighted by Gasteiger charge is 2.44. The number of rotatable bonds is 0. The third-order valence-electron chi connectivity index (χ3n) is 3.45. The Bertz CT molecular complexity index is 165. The molecule has 1 heteroatoms. The third-order valence-corrected chi connectivity index (χ3v) is 3.45. The van der Waals surface area contributed by atoms with Gasteiger partial charge >= 0.3 is 0 Å². The van der Waals surface area contributed by atoms with Gasteiger partial charge in [0.2, 0.25) is 0 Å². The quantitative estimate of drug-likeness (QED) is 0.571. The van der Waals surface area contributed by atoms with Crippen LogP contribution < -0.4 is 0 Å². The van der Waals surface area contributed by atoms with Crippen LogP contribution in [0.25, 0.3) is 0 Å². The van der Waals surface area contributed by atoms with Crippen molar-refractivity contribution in [2.45, 2.75) is 61.0 Å². The highest BCUT2D eigenvalue weighted by Crippen LogP contribution is 2.44. The van der Waals surface area contributed by atoms with Crippen molar-refractivity contribution in [3.63, 3.8) is 0 Å². The minimum absolute atomic E-state index is 0.0813. The second-order valence-corrected chi connectivity index (χ2v) is 5.68. The molecule has 0 aromatic carbocycles. The Labute approximate surface area is 90.2 Å². The standard InChI is InChI=1S/C11H22O.C2H6/c1-8-9(10(2,3)4)7-12-11(8,5)6;1-2/h8-9H,7H2,1-6H3;1-2H3/t8-,9-;/m0./s1. The Balaban J connectivity index is 0.000000791. The Morgan fingerprint density at radius 3 is 1.71 bits per heavy atom. The molecular weight excluding hydrogens is 172 g/mol. The molecule has 0 saturated carbocycles. The van der Waals surface area contributed by atoms with E-state index in [9.17, 15) is 0 Å². The molecule has 0 spiro atoms. The maximum absolute atomic E-state index is 5.79. The van der Waals surface area contributed by atoms with Crippen LogP contribution in [0.1, 0.15) is 55.4 Å². The molecule has 14 heavy (non-hydrogen) atoms. The van der Waals surface area contributed by atoms with Gasteiger partial charge < -0.3 is 4.74 Å². The molecule has 1 heterocycles. The average molecular weight is 200 g/mol. The maximum atomic E-state index is 5.79. The van der Waals surface area contributed by atoms with E-state index >= 15 is 0 Å². The Hall–Kier alpha value is -0.0400. The molecule has 1 aliphatic rings. The fourth-order valence-electron chi connectivity index (χ4n) is 2.06. The van der Waals surface area contributed by atoms with Gasteiger partial charge in [0, 0.05) is 0 Å². The minimum Gasteiger partial charge on any atom is -0.375 e. The highest BCUT2D eigenvalue weighted by atomic mass is 16.5. The average Bonchev–Trinajstić information content (AvgIpc) is 2.30. The van der Waals surface area contributed by atoms with Crippen molar-refractivity contribution >= 4 is 0 Å². The Morgan fingerprint density at radius 1 is 1.14 bits per heavy atom. The molecule has 0 bridgehead atoms. The zero-order chi connectivity index (χ0) is 11.6. The van der Waals surface area contributed by atoms with E-state index in [2.05, 4.69) is 41.5 Å². The summed E-state index contributed by atoms with van der Waals surface area (Å²) in [6, 6.07) is 0. The molecule has 0 amide bonds. The second-order valence-electron chi connectivity index (χ2n) is 5.68. The smallest absolute Gasteiger partial charge is 0.0655 e. The molecule has 0 aliphatic carbocycles. The van der Waals surface area contributed by atoms with Gasteiger partial charge in [0.25, 0.3) is 0 Å². The zero-order valence-corrected chi connectivity index (χ0v) is 11.3. The molecule has 0 radical (unpaired) electrons. The molecule has 0 aromatic rings. The van der Waals surface area contributed by atoms with Crippen molar-refractivity contribution in [3.05, 3.63) is 0 Å². The summed E-state index contributed by atoms with van der Waals surface area (Å²) in [5.74, 6) is 1.37. The van der Waals surface area contributed by atoms with E-state index in [1.54, 1.807) is 0 Å². The van der Waals surface area contributed by atoms with Crippen molar-refractivity contribution in [1.29, 1.82) is 0 Å². The summed E-state index contributed by atoms with van der Waals surface area (Å²) < 4.78 is 5.79. The topological polar surface area (TPSA) is 9.23 Å². The molecule has 0 aromatic heterocycles. The van der Waals surface area contributed by atoms with Crippen molar-refractivity contribution in [2.75, 3.05) is 6.61 Å². The van der Waals surface area contributed by atoms with Crippen LogP contribution in [-0.2, 0) is 4.74 Å². The van der Waals surface area contributed by atoms with Crippen LogP contribution in [0, 0.1) is 17.3 Å². The molecule has 1 nitrogen and oxygen atoms in total. The lowest BCUT2D eigenvalue weighted by Crippen LogP contribution is -2.32. The largest absolute Gasteiger partial charge is 0.375 e. The summed E-state index contributed by atoms with van der Waals surface area (Å²) in [4.78, 5) is 0. The first-order chi connectivity index (χ1) is 6.25. The van der Waals surface area contributed by atoms with Crippen LogP contribution >= 0.6 is 0 Å². The normalized spacial score (nSPS) is 30.9. The third kappa shape index (κ3) is 2.98. The zero-order valence-electron chi connectivity index (χ0n) is 11.3. The van der Waals surface area contributed by atoms with Gasteiger partial charge in [-0.3, -0.25) is 0 Å². The van der Waals surface area contributed by atoms with Gasteiger partial charge in [-0.1, -0.05) is 41.5 Å². The number of hydrogen-bond acceptors (Lipinski definition) is 1. The second kappa shape index (κ2) is 4.65. The van der Waals surface area contributed by atoms with Gasteiger partial charge in [-0.15, -0.1) is 0 Å². The first kappa shape index (κ1) is 14.0. The summed E-state index contributed by atoms with van der Waals surface area (Å²) in [5.41, 5.74) is 0.463. The maximum Gasteiger partial charge on any atom is 0.0655 e. The molecule has 1 aliphatic heterocycles. The van der Waals surface area contributed by atoms with Crippen molar-refractivity contribution < 1.29 is 4.74 Å². The van der Waals surface area contributed by atoms with E-state index in [4.69, 9.17) is 4.74 Å². The highest BCUT2D eigenvalue weighted by molar-refractivity contribution is 4.92. The Kier molecular flexibility index (Phi) is 4.64. The van der Waals surface area contributed by atoms with Crippen LogP contribution in [0.3, 0.4) is 0 Å². The predicted molar refractivity (Wildman–Crippen MR) is 63.5 cm³/mol. The van der Waals surface area contributed by atoms with Gasteiger partial charge in [0.15, 0.2) is 0 Å². The Morgan fingerprint density at radius 2 is 1.57 bits per heavy atom. The van der Waals surface area contributed by atoms with E-state index < -0.39 is 0 Å². The molecule has 1 fully saturated rings.